The first-order valence-corrected chi connectivity index (χ1v) is 8.95. The maximum absolute atomic E-state index is 6.03. The SMILES string of the molecule is CCNC(=NCc1ccccc1OC(C)(C)C)NCCc1nc(C)no1. The van der Waals surface area contributed by atoms with Gasteiger partial charge in [0.25, 0.3) is 0 Å². The summed E-state index contributed by atoms with van der Waals surface area (Å²) in [6.07, 6.45) is 0.648. The average molecular weight is 359 g/mol. The highest BCUT2D eigenvalue weighted by Crippen LogP contribution is 2.23. The van der Waals surface area contributed by atoms with Gasteiger partial charge in [0.2, 0.25) is 5.89 Å². The molecule has 7 heteroatoms. The zero-order valence-corrected chi connectivity index (χ0v) is 16.3. The summed E-state index contributed by atoms with van der Waals surface area (Å²) < 4.78 is 11.1. The Morgan fingerprint density at radius 1 is 1.23 bits per heavy atom. The van der Waals surface area contributed by atoms with Crippen LogP contribution in [0.1, 0.15) is 45.0 Å². The molecule has 0 radical (unpaired) electrons. The summed E-state index contributed by atoms with van der Waals surface area (Å²) in [5.74, 6) is 2.88. The molecule has 0 bridgehead atoms. The molecule has 2 aromatic rings. The van der Waals surface area contributed by atoms with Crippen LogP contribution in [0, 0.1) is 6.92 Å². The molecule has 0 atom stereocenters. The van der Waals surface area contributed by atoms with Crippen LogP contribution >= 0.6 is 0 Å². The molecule has 0 aliphatic rings. The minimum absolute atomic E-state index is 0.245. The van der Waals surface area contributed by atoms with Crippen molar-refractivity contribution in [3.63, 3.8) is 0 Å². The van der Waals surface area contributed by atoms with Crippen LogP contribution in [0.15, 0.2) is 33.8 Å². The van der Waals surface area contributed by atoms with Crippen LogP contribution < -0.4 is 15.4 Å². The van der Waals surface area contributed by atoms with Crippen molar-refractivity contribution in [2.75, 3.05) is 13.1 Å². The first-order valence-electron chi connectivity index (χ1n) is 8.95. The lowest BCUT2D eigenvalue weighted by Gasteiger charge is -2.23. The van der Waals surface area contributed by atoms with Gasteiger partial charge in [-0.05, 0) is 40.7 Å². The Balaban J connectivity index is 1.97. The lowest BCUT2D eigenvalue weighted by Crippen LogP contribution is -2.38. The Bertz CT molecular complexity index is 719. The van der Waals surface area contributed by atoms with E-state index in [0.717, 1.165) is 23.8 Å². The second kappa shape index (κ2) is 9.22. The van der Waals surface area contributed by atoms with Crippen molar-refractivity contribution in [3.8, 4) is 5.75 Å². The summed E-state index contributed by atoms with van der Waals surface area (Å²) in [4.78, 5) is 8.86. The number of nitrogens with zero attached hydrogens (tertiary/aromatic N) is 3. The third kappa shape index (κ3) is 6.74. The molecular weight excluding hydrogens is 330 g/mol. The summed E-state index contributed by atoms with van der Waals surface area (Å²) in [6.45, 7) is 11.9. The summed E-state index contributed by atoms with van der Waals surface area (Å²) in [5, 5.41) is 10.3. The number of aryl methyl sites for hydroxylation is 1. The summed E-state index contributed by atoms with van der Waals surface area (Å²) >= 11 is 0. The first kappa shape index (κ1) is 19.8. The van der Waals surface area contributed by atoms with Crippen molar-refractivity contribution in [1.82, 2.24) is 20.8 Å². The number of para-hydroxylation sites is 1. The molecule has 0 saturated heterocycles. The van der Waals surface area contributed by atoms with E-state index >= 15 is 0 Å². The van der Waals surface area contributed by atoms with Crippen LogP contribution in [0.3, 0.4) is 0 Å². The molecule has 0 fully saturated rings. The number of aliphatic imine (C=N–C) groups is 1. The molecule has 0 aliphatic heterocycles. The fraction of sp³-hybridized carbons (Fsp3) is 0.526. The van der Waals surface area contributed by atoms with E-state index in [-0.39, 0.29) is 5.60 Å². The van der Waals surface area contributed by atoms with Crippen molar-refractivity contribution < 1.29 is 9.26 Å². The maximum atomic E-state index is 6.03. The van der Waals surface area contributed by atoms with Gasteiger partial charge in [0.15, 0.2) is 11.8 Å². The molecule has 1 heterocycles. The highest BCUT2D eigenvalue weighted by molar-refractivity contribution is 5.79. The van der Waals surface area contributed by atoms with Gasteiger partial charge < -0.3 is 19.9 Å². The fourth-order valence-electron chi connectivity index (χ4n) is 2.30. The minimum atomic E-state index is -0.245. The predicted molar refractivity (Wildman–Crippen MR) is 102 cm³/mol. The van der Waals surface area contributed by atoms with Crippen LogP contribution in [0.4, 0.5) is 0 Å². The lowest BCUT2D eigenvalue weighted by molar-refractivity contribution is 0.129. The van der Waals surface area contributed by atoms with E-state index in [9.17, 15) is 0 Å². The largest absolute Gasteiger partial charge is 0.488 e. The summed E-state index contributed by atoms with van der Waals surface area (Å²) in [7, 11) is 0. The van der Waals surface area contributed by atoms with Gasteiger partial charge >= 0.3 is 0 Å². The van der Waals surface area contributed by atoms with Crippen molar-refractivity contribution >= 4 is 5.96 Å². The molecule has 0 aliphatic carbocycles. The monoisotopic (exact) mass is 359 g/mol. The third-order valence-corrected chi connectivity index (χ3v) is 3.34. The predicted octanol–water partition coefficient (Wildman–Crippen LogP) is 2.85. The maximum Gasteiger partial charge on any atom is 0.228 e. The average Bonchev–Trinajstić information content (AvgIpc) is 2.98. The van der Waals surface area contributed by atoms with Crippen LogP contribution in [-0.2, 0) is 13.0 Å². The number of rotatable bonds is 7. The number of ether oxygens (including phenoxy) is 1. The molecule has 2 N–H and O–H groups in total. The number of hydrogen-bond donors (Lipinski definition) is 2. The van der Waals surface area contributed by atoms with Crippen molar-refractivity contribution in [2.45, 2.75) is 53.2 Å². The van der Waals surface area contributed by atoms with E-state index in [0.29, 0.717) is 31.2 Å². The smallest absolute Gasteiger partial charge is 0.228 e. The van der Waals surface area contributed by atoms with E-state index in [2.05, 4.69) is 25.8 Å². The van der Waals surface area contributed by atoms with Gasteiger partial charge in [0.05, 0.1) is 6.54 Å². The topological polar surface area (TPSA) is 84.6 Å². The van der Waals surface area contributed by atoms with E-state index in [4.69, 9.17) is 9.26 Å². The highest BCUT2D eigenvalue weighted by atomic mass is 16.5. The number of guanidine groups is 1. The number of aromatic nitrogens is 2. The van der Waals surface area contributed by atoms with Crippen LogP contribution in [0.5, 0.6) is 5.75 Å². The number of nitrogens with one attached hydrogen (secondary N) is 2. The molecule has 2 rings (SSSR count). The molecule has 0 amide bonds. The van der Waals surface area contributed by atoms with Crippen molar-refractivity contribution in [1.29, 1.82) is 0 Å². The third-order valence-electron chi connectivity index (χ3n) is 3.34. The Kier molecular flexibility index (Phi) is 7.00. The molecule has 26 heavy (non-hydrogen) atoms. The molecule has 0 saturated carbocycles. The molecule has 0 unspecified atom stereocenters. The Morgan fingerprint density at radius 2 is 2.00 bits per heavy atom. The van der Waals surface area contributed by atoms with Gasteiger partial charge in [-0.2, -0.15) is 4.98 Å². The lowest BCUT2D eigenvalue weighted by atomic mass is 10.1. The zero-order valence-electron chi connectivity index (χ0n) is 16.3. The molecule has 7 nitrogen and oxygen atoms in total. The molecular formula is C19H29N5O2. The zero-order chi connectivity index (χ0) is 19.0. The molecule has 142 valence electrons. The number of hydrogen-bond acceptors (Lipinski definition) is 5. The van der Waals surface area contributed by atoms with Gasteiger partial charge in [0.1, 0.15) is 11.4 Å². The van der Waals surface area contributed by atoms with Crippen molar-refractivity contribution in [2.24, 2.45) is 4.99 Å². The summed E-state index contributed by atoms with van der Waals surface area (Å²) in [6, 6.07) is 7.99. The van der Waals surface area contributed by atoms with E-state index in [1.54, 1.807) is 0 Å². The minimum Gasteiger partial charge on any atom is -0.488 e. The van der Waals surface area contributed by atoms with Crippen molar-refractivity contribution in [3.05, 3.63) is 41.5 Å². The van der Waals surface area contributed by atoms with E-state index in [1.165, 1.54) is 0 Å². The Hall–Kier alpha value is -2.57. The van der Waals surface area contributed by atoms with Gasteiger partial charge in [-0.1, -0.05) is 23.4 Å². The van der Waals surface area contributed by atoms with Gasteiger partial charge in [-0.25, -0.2) is 4.99 Å². The first-order chi connectivity index (χ1) is 12.4. The summed E-state index contributed by atoms with van der Waals surface area (Å²) in [5.41, 5.74) is 0.803. The normalized spacial score (nSPS) is 12.1. The van der Waals surface area contributed by atoms with Gasteiger partial charge in [-0.3, -0.25) is 0 Å². The number of benzene rings is 1. The second-order valence-corrected chi connectivity index (χ2v) is 6.93. The van der Waals surface area contributed by atoms with E-state index in [1.807, 2.05) is 58.9 Å². The second-order valence-electron chi connectivity index (χ2n) is 6.93. The van der Waals surface area contributed by atoms with Gasteiger partial charge in [-0.15, -0.1) is 0 Å². The fourth-order valence-corrected chi connectivity index (χ4v) is 2.30. The standard InChI is InChI=1S/C19H29N5O2/c1-6-20-18(21-12-11-17-23-14(2)24-26-17)22-13-15-9-7-8-10-16(15)25-19(3,4)5/h7-10H,6,11-13H2,1-5H3,(H2,20,21,22). The van der Waals surface area contributed by atoms with Crippen LogP contribution in [0.2, 0.25) is 0 Å². The quantitative estimate of drug-likeness (QED) is 0.584. The Labute approximate surface area is 155 Å². The van der Waals surface area contributed by atoms with Crippen LogP contribution in [0.25, 0.3) is 0 Å². The molecule has 1 aromatic heterocycles. The van der Waals surface area contributed by atoms with E-state index < -0.39 is 0 Å². The van der Waals surface area contributed by atoms with Gasteiger partial charge in [0, 0.05) is 25.1 Å². The molecule has 0 spiro atoms. The molecule has 1 aromatic carbocycles. The highest BCUT2D eigenvalue weighted by Gasteiger charge is 2.14. The Morgan fingerprint density at radius 3 is 2.65 bits per heavy atom. The van der Waals surface area contributed by atoms with Crippen LogP contribution in [-0.4, -0.2) is 34.8 Å².